The van der Waals surface area contributed by atoms with Gasteiger partial charge in [0.25, 0.3) is 0 Å². The van der Waals surface area contributed by atoms with Crippen molar-refractivity contribution in [2.24, 2.45) is 17.3 Å². The van der Waals surface area contributed by atoms with E-state index in [2.05, 4.69) is 46.9 Å². The van der Waals surface area contributed by atoms with Crippen molar-refractivity contribution in [2.45, 2.75) is 59.0 Å². The highest BCUT2D eigenvalue weighted by Gasteiger charge is 2.46. The van der Waals surface area contributed by atoms with Crippen molar-refractivity contribution in [3.63, 3.8) is 0 Å². The molecule has 0 amide bonds. The van der Waals surface area contributed by atoms with Gasteiger partial charge in [-0.15, -0.1) is 13.2 Å². The number of allylic oxidation sites excluding steroid dienone is 1. The molecule has 1 aliphatic carbocycles. The molecule has 0 aromatic rings. The molecule has 1 aliphatic rings. The van der Waals surface area contributed by atoms with E-state index in [9.17, 15) is 0 Å². The Labute approximate surface area is 113 Å². The van der Waals surface area contributed by atoms with Crippen molar-refractivity contribution >= 4 is 0 Å². The summed E-state index contributed by atoms with van der Waals surface area (Å²) >= 11 is 0. The second-order valence-corrected chi connectivity index (χ2v) is 6.98. The lowest BCUT2D eigenvalue weighted by molar-refractivity contribution is -0.0101. The van der Waals surface area contributed by atoms with Gasteiger partial charge in [0, 0.05) is 0 Å². The van der Waals surface area contributed by atoms with Crippen LogP contribution in [-0.2, 0) is 4.74 Å². The van der Waals surface area contributed by atoms with Crippen LogP contribution in [0.25, 0.3) is 0 Å². The molecule has 1 heteroatoms. The molecule has 1 fully saturated rings. The first-order valence-corrected chi connectivity index (χ1v) is 7.18. The van der Waals surface area contributed by atoms with E-state index in [0.717, 1.165) is 24.7 Å². The second kappa shape index (κ2) is 6.06. The Morgan fingerprint density at radius 1 is 1.17 bits per heavy atom. The van der Waals surface area contributed by atoms with Gasteiger partial charge in [0.15, 0.2) is 0 Å². The zero-order valence-electron chi connectivity index (χ0n) is 12.7. The summed E-state index contributed by atoms with van der Waals surface area (Å²) < 4.78 is 5.79. The molecular formula is C17H30O. The van der Waals surface area contributed by atoms with Crippen molar-refractivity contribution < 1.29 is 4.74 Å². The van der Waals surface area contributed by atoms with Gasteiger partial charge >= 0.3 is 0 Å². The minimum absolute atomic E-state index is 0.0100. The van der Waals surface area contributed by atoms with E-state index in [1.165, 1.54) is 12.8 Å². The van der Waals surface area contributed by atoms with Gasteiger partial charge in [0.2, 0.25) is 0 Å². The van der Waals surface area contributed by atoms with E-state index in [1.54, 1.807) is 0 Å². The van der Waals surface area contributed by atoms with Gasteiger partial charge in [-0.1, -0.05) is 26.0 Å². The summed E-state index contributed by atoms with van der Waals surface area (Å²) in [7, 11) is 0. The van der Waals surface area contributed by atoms with Gasteiger partial charge in [-0.25, -0.2) is 0 Å². The molecule has 0 aromatic heterocycles. The molecule has 1 nitrogen and oxygen atoms in total. The quantitative estimate of drug-likeness (QED) is 0.524. The van der Waals surface area contributed by atoms with Gasteiger partial charge in [-0.2, -0.15) is 0 Å². The predicted octanol–water partition coefficient (Wildman–Crippen LogP) is 4.99. The van der Waals surface area contributed by atoms with Crippen LogP contribution in [0.3, 0.4) is 0 Å². The van der Waals surface area contributed by atoms with E-state index >= 15 is 0 Å². The molecule has 0 N–H and O–H groups in total. The Bertz CT molecular complexity index is 288. The van der Waals surface area contributed by atoms with Crippen LogP contribution in [0.5, 0.6) is 0 Å². The number of hydrogen-bond acceptors (Lipinski definition) is 1. The lowest BCUT2D eigenvalue weighted by atomic mass is 9.82. The van der Waals surface area contributed by atoms with Crippen LogP contribution in [0, 0.1) is 17.3 Å². The summed E-state index contributed by atoms with van der Waals surface area (Å²) in [6.45, 7) is 17.3. The van der Waals surface area contributed by atoms with Gasteiger partial charge in [-0.3, -0.25) is 0 Å². The first-order chi connectivity index (χ1) is 8.32. The zero-order valence-corrected chi connectivity index (χ0v) is 12.7. The summed E-state index contributed by atoms with van der Waals surface area (Å²) in [5, 5.41) is 0. The Hall–Kier alpha value is -0.560. The number of ether oxygens (including phenoxy) is 1. The molecule has 2 atom stereocenters. The highest BCUT2D eigenvalue weighted by atomic mass is 16.5. The number of rotatable bonds is 9. The maximum Gasteiger partial charge on any atom is 0.0652 e. The fourth-order valence-electron chi connectivity index (χ4n) is 2.94. The SMILES string of the molecule is C=CCOC(C)(C)CCC1CC1C(C)(C)CC=C. The highest BCUT2D eigenvalue weighted by molar-refractivity contribution is 4.99. The Balaban J connectivity index is 2.31. The molecular weight excluding hydrogens is 220 g/mol. The topological polar surface area (TPSA) is 9.23 Å². The normalized spacial score (nSPS) is 23.8. The largest absolute Gasteiger partial charge is 0.372 e. The molecule has 2 unspecified atom stereocenters. The van der Waals surface area contributed by atoms with Crippen LogP contribution < -0.4 is 0 Å². The van der Waals surface area contributed by atoms with Crippen LogP contribution in [0.15, 0.2) is 25.3 Å². The lowest BCUT2D eigenvalue weighted by Gasteiger charge is -2.26. The van der Waals surface area contributed by atoms with Crippen LogP contribution in [-0.4, -0.2) is 12.2 Å². The fourth-order valence-corrected chi connectivity index (χ4v) is 2.94. The maximum absolute atomic E-state index is 5.79. The molecule has 0 saturated heterocycles. The highest BCUT2D eigenvalue weighted by Crippen LogP contribution is 2.55. The first kappa shape index (κ1) is 15.5. The predicted molar refractivity (Wildman–Crippen MR) is 79.7 cm³/mol. The molecule has 18 heavy (non-hydrogen) atoms. The molecule has 0 radical (unpaired) electrons. The standard InChI is InChI=1S/C17H30O/c1-7-10-16(3,4)15-13-14(15)9-11-17(5,6)18-12-8-2/h7-8,14-15H,1-2,9-13H2,3-6H3. The molecule has 0 spiro atoms. The third-order valence-corrected chi connectivity index (χ3v) is 4.31. The Morgan fingerprint density at radius 3 is 2.39 bits per heavy atom. The van der Waals surface area contributed by atoms with Crippen LogP contribution in [0.1, 0.15) is 53.4 Å². The monoisotopic (exact) mass is 250 g/mol. The van der Waals surface area contributed by atoms with Crippen molar-refractivity contribution in [1.29, 1.82) is 0 Å². The Morgan fingerprint density at radius 2 is 1.83 bits per heavy atom. The summed E-state index contributed by atoms with van der Waals surface area (Å²) in [6.07, 6.45) is 8.84. The van der Waals surface area contributed by atoms with Crippen LogP contribution in [0.2, 0.25) is 0 Å². The molecule has 0 bridgehead atoms. The molecule has 0 aromatic carbocycles. The minimum atomic E-state index is -0.0100. The summed E-state index contributed by atoms with van der Waals surface area (Å²) in [5.74, 6) is 1.78. The average molecular weight is 250 g/mol. The summed E-state index contributed by atoms with van der Waals surface area (Å²) in [6, 6.07) is 0. The summed E-state index contributed by atoms with van der Waals surface area (Å²) in [4.78, 5) is 0. The molecule has 1 saturated carbocycles. The smallest absolute Gasteiger partial charge is 0.0652 e. The van der Waals surface area contributed by atoms with Gasteiger partial charge in [-0.05, 0) is 56.8 Å². The maximum atomic E-state index is 5.79. The fraction of sp³-hybridized carbons (Fsp3) is 0.765. The van der Waals surface area contributed by atoms with E-state index in [-0.39, 0.29) is 5.60 Å². The molecule has 1 rings (SSSR count). The third kappa shape index (κ3) is 4.61. The van der Waals surface area contributed by atoms with Crippen molar-refractivity contribution in [1.82, 2.24) is 0 Å². The number of hydrogen-bond donors (Lipinski definition) is 0. The van der Waals surface area contributed by atoms with Gasteiger partial charge in [0.1, 0.15) is 0 Å². The van der Waals surface area contributed by atoms with Crippen LogP contribution >= 0.6 is 0 Å². The molecule has 0 heterocycles. The van der Waals surface area contributed by atoms with E-state index in [1.807, 2.05) is 6.08 Å². The van der Waals surface area contributed by atoms with Crippen molar-refractivity contribution in [3.05, 3.63) is 25.3 Å². The van der Waals surface area contributed by atoms with E-state index in [4.69, 9.17) is 4.74 Å². The third-order valence-electron chi connectivity index (χ3n) is 4.31. The summed E-state index contributed by atoms with van der Waals surface area (Å²) in [5.41, 5.74) is 0.419. The van der Waals surface area contributed by atoms with Crippen LogP contribution in [0.4, 0.5) is 0 Å². The molecule has 0 aliphatic heterocycles. The van der Waals surface area contributed by atoms with Crippen molar-refractivity contribution in [2.75, 3.05) is 6.61 Å². The average Bonchev–Trinajstić information content (AvgIpc) is 3.04. The Kier molecular flexibility index (Phi) is 5.21. The zero-order chi connectivity index (χ0) is 13.8. The van der Waals surface area contributed by atoms with Gasteiger partial charge in [0.05, 0.1) is 12.2 Å². The van der Waals surface area contributed by atoms with Crippen molar-refractivity contribution in [3.8, 4) is 0 Å². The van der Waals surface area contributed by atoms with E-state index < -0.39 is 0 Å². The van der Waals surface area contributed by atoms with E-state index in [0.29, 0.717) is 12.0 Å². The second-order valence-electron chi connectivity index (χ2n) is 6.98. The minimum Gasteiger partial charge on any atom is -0.372 e. The first-order valence-electron chi connectivity index (χ1n) is 7.18. The molecule has 104 valence electrons. The van der Waals surface area contributed by atoms with Gasteiger partial charge < -0.3 is 4.74 Å². The lowest BCUT2D eigenvalue weighted by Crippen LogP contribution is -2.25.